The highest BCUT2D eigenvalue weighted by molar-refractivity contribution is 5.73. The van der Waals surface area contributed by atoms with E-state index in [0.29, 0.717) is 0 Å². The van der Waals surface area contributed by atoms with Gasteiger partial charge in [-0.3, -0.25) is 0 Å². The Morgan fingerprint density at radius 2 is 1.91 bits per heavy atom. The fourth-order valence-electron chi connectivity index (χ4n) is 0.398. The Bertz CT molecular complexity index is 94.1. The zero-order valence-corrected chi connectivity index (χ0v) is 8.19. The minimum absolute atomic E-state index is 0.107. The summed E-state index contributed by atoms with van der Waals surface area (Å²) in [4.78, 5) is 10.6. The van der Waals surface area contributed by atoms with Crippen LogP contribution in [0, 0.1) is 0 Å². The van der Waals surface area contributed by atoms with Crippen LogP contribution in [0.2, 0.25) is 0 Å². The van der Waals surface area contributed by atoms with Crippen LogP contribution in [0.25, 0.3) is 0 Å². The van der Waals surface area contributed by atoms with Gasteiger partial charge in [0, 0.05) is 13.1 Å². The second-order valence-corrected chi connectivity index (χ2v) is 2.03. The van der Waals surface area contributed by atoms with Gasteiger partial charge in [0.2, 0.25) is 0 Å². The molecule has 3 nitrogen and oxygen atoms in total. The number of hydrogen-bond donors (Lipinski definition) is 2. The van der Waals surface area contributed by atoms with Crippen LogP contribution in [0.4, 0.5) is 4.79 Å². The fourth-order valence-corrected chi connectivity index (χ4v) is 0.398. The summed E-state index contributed by atoms with van der Waals surface area (Å²) in [7, 11) is 1.61. The number of rotatable bonds is 2. The Morgan fingerprint density at radius 1 is 1.45 bits per heavy atom. The van der Waals surface area contributed by atoms with Crippen molar-refractivity contribution in [2.45, 2.75) is 40.2 Å². The molecule has 0 aliphatic heterocycles. The predicted molar refractivity (Wildman–Crippen MR) is 48.7 cm³/mol. The van der Waals surface area contributed by atoms with E-state index in [-0.39, 0.29) is 12.1 Å². The van der Waals surface area contributed by atoms with E-state index >= 15 is 0 Å². The van der Waals surface area contributed by atoms with Crippen molar-refractivity contribution in [3.8, 4) is 0 Å². The third-order valence-corrected chi connectivity index (χ3v) is 1.22. The first-order valence-corrected chi connectivity index (χ1v) is 4.19. The molecule has 0 aliphatic rings. The van der Waals surface area contributed by atoms with Gasteiger partial charge in [0.05, 0.1) is 0 Å². The Hall–Kier alpha value is -0.730. The maximum atomic E-state index is 10.6. The van der Waals surface area contributed by atoms with Crippen LogP contribution >= 0.6 is 0 Å². The maximum absolute atomic E-state index is 10.6. The summed E-state index contributed by atoms with van der Waals surface area (Å²) < 4.78 is 0. The molecule has 0 spiro atoms. The summed E-state index contributed by atoms with van der Waals surface area (Å²) in [5, 5.41) is 5.21. The Morgan fingerprint density at radius 3 is 2.18 bits per heavy atom. The van der Waals surface area contributed by atoms with E-state index in [4.69, 9.17) is 0 Å². The third kappa shape index (κ3) is 9.27. The lowest BCUT2D eigenvalue weighted by Gasteiger charge is -2.09. The molecule has 0 fully saturated rings. The van der Waals surface area contributed by atoms with Gasteiger partial charge in [-0.25, -0.2) is 4.79 Å². The fraction of sp³-hybridized carbons (Fsp3) is 0.875. The molecule has 0 saturated carbocycles. The summed E-state index contributed by atoms with van der Waals surface area (Å²) in [5.41, 5.74) is 0. The van der Waals surface area contributed by atoms with Crippen LogP contribution in [0.3, 0.4) is 0 Å². The molecule has 0 aromatic carbocycles. The quantitative estimate of drug-likeness (QED) is 0.634. The molecule has 0 aromatic rings. The van der Waals surface area contributed by atoms with E-state index in [1.807, 2.05) is 27.7 Å². The molecule has 0 aromatic heterocycles. The van der Waals surface area contributed by atoms with Crippen LogP contribution < -0.4 is 10.6 Å². The molecule has 0 rings (SSSR count). The highest BCUT2D eigenvalue weighted by Gasteiger charge is 1.99. The van der Waals surface area contributed by atoms with Crippen molar-refractivity contribution < 1.29 is 4.79 Å². The molecule has 1 atom stereocenters. The van der Waals surface area contributed by atoms with Gasteiger partial charge in [-0.2, -0.15) is 0 Å². The van der Waals surface area contributed by atoms with Crippen molar-refractivity contribution in [3.63, 3.8) is 0 Å². The van der Waals surface area contributed by atoms with Crippen LogP contribution in [-0.2, 0) is 0 Å². The average Bonchev–Trinajstić information content (AvgIpc) is 2.07. The van der Waals surface area contributed by atoms with Crippen molar-refractivity contribution in [2.24, 2.45) is 0 Å². The van der Waals surface area contributed by atoms with E-state index in [9.17, 15) is 4.79 Å². The summed E-state index contributed by atoms with van der Waals surface area (Å²) in [6, 6.07) is 0.161. The maximum Gasteiger partial charge on any atom is 0.314 e. The standard InChI is InChI=1S/C6H14N2O.C2H6/c1-4-5(2)8-6(9)7-3;1-2/h5H,4H2,1-3H3,(H2,7,8,9);1-2H3. The third-order valence-electron chi connectivity index (χ3n) is 1.22. The lowest BCUT2D eigenvalue weighted by molar-refractivity contribution is 0.239. The van der Waals surface area contributed by atoms with E-state index in [2.05, 4.69) is 10.6 Å². The molecule has 1 unspecified atom stereocenters. The first-order chi connectivity index (χ1) is 5.20. The van der Waals surface area contributed by atoms with Crippen LogP contribution in [0.1, 0.15) is 34.1 Å². The molecular weight excluding hydrogens is 140 g/mol. The second kappa shape index (κ2) is 9.27. The van der Waals surface area contributed by atoms with Crippen molar-refractivity contribution in [3.05, 3.63) is 0 Å². The van der Waals surface area contributed by atoms with Gasteiger partial charge in [-0.1, -0.05) is 20.8 Å². The second-order valence-electron chi connectivity index (χ2n) is 2.03. The van der Waals surface area contributed by atoms with Gasteiger partial charge < -0.3 is 10.6 Å². The number of hydrogen-bond acceptors (Lipinski definition) is 1. The average molecular weight is 160 g/mol. The normalized spacial score (nSPS) is 10.6. The van der Waals surface area contributed by atoms with Crippen LogP contribution in [0.5, 0.6) is 0 Å². The lowest BCUT2D eigenvalue weighted by Crippen LogP contribution is -2.38. The molecule has 2 N–H and O–H groups in total. The van der Waals surface area contributed by atoms with E-state index in [0.717, 1.165) is 6.42 Å². The van der Waals surface area contributed by atoms with Gasteiger partial charge in [0.1, 0.15) is 0 Å². The number of carbonyl (C=O) groups is 1. The Kier molecular flexibility index (Phi) is 10.9. The largest absolute Gasteiger partial charge is 0.341 e. The number of carbonyl (C=O) groups excluding carboxylic acids is 1. The Balaban J connectivity index is 0. The highest BCUT2D eigenvalue weighted by Crippen LogP contribution is 1.85. The SMILES string of the molecule is CC.CCC(C)NC(=O)NC. The van der Waals surface area contributed by atoms with Crippen molar-refractivity contribution >= 4 is 6.03 Å². The molecule has 11 heavy (non-hydrogen) atoms. The summed E-state index contributed by atoms with van der Waals surface area (Å²) in [6.07, 6.45) is 0.966. The number of nitrogens with one attached hydrogen (secondary N) is 2. The van der Waals surface area contributed by atoms with Crippen molar-refractivity contribution in [2.75, 3.05) is 7.05 Å². The molecule has 0 heterocycles. The molecule has 0 radical (unpaired) electrons. The number of urea groups is 1. The minimum atomic E-state index is -0.107. The van der Waals surface area contributed by atoms with E-state index in [1.165, 1.54) is 0 Å². The minimum Gasteiger partial charge on any atom is -0.341 e. The van der Waals surface area contributed by atoms with Crippen molar-refractivity contribution in [1.29, 1.82) is 0 Å². The number of amides is 2. The van der Waals surface area contributed by atoms with Crippen molar-refractivity contribution in [1.82, 2.24) is 10.6 Å². The van der Waals surface area contributed by atoms with Crippen LogP contribution in [0.15, 0.2) is 0 Å². The topological polar surface area (TPSA) is 41.1 Å². The summed E-state index contributed by atoms with van der Waals surface area (Å²) in [5.74, 6) is 0. The van der Waals surface area contributed by atoms with Gasteiger partial charge in [0.25, 0.3) is 0 Å². The van der Waals surface area contributed by atoms with Gasteiger partial charge >= 0.3 is 6.03 Å². The van der Waals surface area contributed by atoms with Gasteiger partial charge in [-0.15, -0.1) is 0 Å². The lowest BCUT2D eigenvalue weighted by atomic mass is 10.3. The summed E-state index contributed by atoms with van der Waals surface area (Å²) in [6.45, 7) is 8.00. The van der Waals surface area contributed by atoms with Crippen LogP contribution in [-0.4, -0.2) is 19.1 Å². The molecule has 0 aliphatic carbocycles. The van der Waals surface area contributed by atoms with Gasteiger partial charge in [-0.05, 0) is 13.3 Å². The highest BCUT2D eigenvalue weighted by atomic mass is 16.2. The first kappa shape index (κ1) is 12.9. The molecule has 68 valence electrons. The molecular formula is C8H20N2O. The van der Waals surface area contributed by atoms with Gasteiger partial charge in [0.15, 0.2) is 0 Å². The first-order valence-electron chi connectivity index (χ1n) is 4.19. The smallest absolute Gasteiger partial charge is 0.314 e. The van der Waals surface area contributed by atoms with E-state index < -0.39 is 0 Å². The molecule has 0 saturated heterocycles. The molecule has 2 amide bonds. The monoisotopic (exact) mass is 160 g/mol. The summed E-state index contributed by atoms with van der Waals surface area (Å²) >= 11 is 0. The molecule has 0 bridgehead atoms. The zero-order chi connectivity index (χ0) is 9.28. The Labute approximate surface area is 69.6 Å². The molecule has 3 heteroatoms. The zero-order valence-electron chi connectivity index (χ0n) is 8.19. The van der Waals surface area contributed by atoms with E-state index in [1.54, 1.807) is 7.05 Å². The predicted octanol–water partition coefficient (Wildman–Crippen LogP) is 1.74.